The zero-order valence-corrected chi connectivity index (χ0v) is 15.1. The van der Waals surface area contributed by atoms with Crippen LogP contribution in [0.4, 0.5) is 0 Å². The van der Waals surface area contributed by atoms with E-state index in [-0.39, 0.29) is 5.78 Å². The smallest absolute Gasteiger partial charge is 0.209 e. The summed E-state index contributed by atoms with van der Waals surface area (Å²) >= 11 is 3.38. The first-order chi connectivity index (χ1) is 12.7. The monoisotopic (exact) mass is 401 g/mol. The Labute approximate surface area is 158 Å². The van der Waals surface area contributed by atoms with Crippen molar-refractivity contribution >= 4 is 27.2 Å². The number of benzene rings is 1. The summed E-state index contributed by atoms with van der Waals surface area (Å²) in [5.41, 5.74) is 3.67. The Balaban J connectivity index is 1.99. The third kappa shape index (κ3) is 2.71. The fourth-order valence-electron chi connectivity index (χ4n) is 2.97. The molecule has 0 saturated carbocycles. The molecule has 0 spiro atoms. The molecule has 0 aliphatic rings. The van der Waals surface area contributed by atoms with E-state index in [1.165, 1.54) is 0 Å². The maximum atomic E-state index is 13.1. The van der Waals surface area contributed by atoms with Gasteiger partial charge in [0.2, 0.25) is 5.78 Å². The zero-order chi connectivity index (χ0) is 18.1. The van der Waals surface area contributed by atoms with Gasteiger partial charge in [-0.15, -0.1) is 0 Å². The molecule has 0 amide bonds. The van der Waals surface area contributed by atoms with Crippen molar-refractivity contribution in [3.63, 3.8) is 0 Å². The maximum Gasteiger partial charge on any atom is 0.209 e. The van der Waals surface area contributed by atoms with Crippen LogP contribution in [0.5, 0.6) is 0 Å². The molecular weight excluding hydrogens is 390 g/mol. The van der Waals surface area contributed by atoms with Crippen molar-refractivity contribution in [2.75, 3.05) is 0 Å². The summed E-state index contributed by atoms with van der Waals surface area (Å²) < 4.78 is 2.71. The van der Waals surface area contributed by atoms with E-state index in [0.29, 0.717) is 22.3 Å². The Bertz CT molecular complexity index is 1160. The van der Waals surface area contributed by atoms with E-state index in [0.717, 1.165) is 15.9 Å². The predicted octanol–water partition coefficient (Wildman–Crippen LogP) is 4.87. The van der Waals surface area contributed by atoms with E-state index in [4.69, 9.17) is 0 Å². The maximum absolute atomic E-state index is 13.1. The summed E-state index contributed by atoms with van der Waals surface area (Å²) in [6, 6.07) is 22.2. The number of aromatic nitrogens is 2. The number of rotatable bonds is 3. The van der Waals surface area contributed by atoms with Crippen LogP contribution in [0.25, 0.3) is 16.9 Å². The van der Waals surface area contributed by atoms with Crippen LogP contribution in [0.15, 0.2) is 77.4 Å². The fraction of sp³-hybridized carbons (Fsp3) is 0. The summed E-state index contributed by atoms with van der Waals surface area (Å²) in [6.45, 7) is 0. The topological polar surface area (TPSA) is 58.2 Å². The Morgan fingerprint density at radius 1 is 1.04 bits per heavy atom. The first-order valence-electron chi connectivity index (χ1n) is 7.95. The quantitative estimate of drug-likeness (QED) is 0.460. The lowest BCUT2D eigenvalue weighted by atomic mass is 10.1. The number of ketones is 1. The van der Waals surface area contributed by atoms with Crippen LogP contribution in [0, 0.1) is 11.3 Å². The molecule has 5 heteroatoms. The number of hydrogen-bond donors (Lipinski definition) is 0. The van der Waals surface area contributed by atoms with E-state index in [1.54, 1.807) is 24.4 Å². The number of pyridine rings is 2. The molecule has 0 radical (unpaired) electrons. The summed E-state index contributed by atoms with van der Waals surface area (Å²) in [5.74, 6) is -0.141. The van der Waals surface area contributed by atoms with Gasteiger partial charge in [0.1, 0.15) is 6.07 Å². The first kappa shape index (κ1) is 16.2. The molecular formula is C21H12BrN3O. The van der Waals surface area contributed by atoms with E-state index < -0.39 is 0 Å². The second-order valence-electron chi connectivity index (χ2n) is 5.74. The largest absolute Gasteiger partial charge is 0.303 e. The number of nitrogens with zero attached hydrogens (tertiary/aromatic N) is 3. The van der Waals surface area contributed by atoms with Gasteiger partial charge in [-0.05, 0) is 54.6 Å². The fourth-order valence-corrected chi connectivity index (χ4v) is 3.24. The Morgan fingerprint density at radius 3 is 2.54 bits per heavy atom. The van der Waals surface area contributed by atoms with Gasteiger partial charge in [-0.3, -0.25) is 9.78 Å². The second-order valence-corrected chi connectivity index (χ2v) is 6.65. The number of hydrogen-bond acceptors (Lipinski definition) is 3. The third-order valence-corrected chi connectivity index (χ3v) is 4.70. The van der Waals surface area contributed by atoms with E-state index in [1.807, 2.05) is 52.9 Å². The SMILES string of the molecule is N#Cc1cc(C(=O)c2ccc(Br)cc2)n2c(-c3ccccn3)cccc12. The number of nitriles is 1. The van der Waals surface area contributed by atoms with Crippen LogP contribution in [-0.4, -0.2) is 15.2 Å². The summed E-state index contributed by atoms with van der Waals surface area (Å²) in [4.78, 5) is 17.5. The predicted molar refractivity (Wildman–Crippen MR) is 103 cm³/mol. The van der Waals surface area contributed by atoms with Gasteiger partial charge < -0.3 is 4.40 Å². The minimum absolute atomic E-state index is 0.141. The van der Waals surface area contributed by atoms with E-state index >= 15 is 0 Å². The van der Waals surface area contributed by atoms with Crippen LogP contribution in [0.3, 0.4) is 0 Å². The van der Waals surface area contributed by atoms with Crippen LogP contribution in [-0.2, 0) is 0 Å². The molecule has 1 aromatic carbocycles. The van der Waals surface area contributed by atoms with Gasteiger partial charge in [-0.1, -0.05) is 28.1 Å². The molecule has 3 aromatic heterocycles. The first-order valence-corrected chi connectivity index (χ1v) is 8.74. The normalized spacial score (nSPS) is 10.6. The molecule has 0 atom stereocenters. The van der Waals surface area contributed by atoms with Crippen molar-refractivity contribution in [2.45, 2.75) is 0 Å². The molecule has 0 bridgehead atoms. The lowest BCUT2D eigenvalue weighted by Gasteiger charge is -2.09. The van der Waals surface area contributed by atoms with Crippen LogP contribution >= 0.6 is 15.9 Å². The standard InChI is InChI=1S/C21H12BrN3O/c22-16-9-7-14(8-10-16)21(26)20-12-15(13-23)18-5-3-6-19(25(18)20)17-4-1-2-11-24-17/h1-12H. The summed E-state index contributed by atoms with van der Waals surface area (Å²) in [5, 5.41) is 9.50. The lowest BCUT2D eigenvalue weighted by Crippen LogP contribution is -2.07. The Morgan fingerprint density at radius 2 is 1.85 bits per heavy atom. The van der Waals surface area contributed by atoms with Crippen molar-refractivity contribution in [3.05, 3.63) is 94.2 Å². The van der Waals surface area contributed by atoms with E-state index in [9.17, 15) is 10.1 Å². The van der Waals surface area contributed by atoms with Crippen LogP contribution in [0.2, 0.25) is 0 Å². The van der Waals surface area contributed by atoms with Crippen molar-refractivity contribution < 1.29 is 4.79 Å². The van der Waals surface area contributed by atoms with Gasteiger partial charge in [0.25, 0.3) is 0 Å². The van der Waals surface area contributed by atoms with Gasteiger partial charge in [0.05, 0.1) is 28.2 Å². The molecule has 0 saturated heterocycles. The van der Waals surface area contributed by atoms with Crippen LogP contribution < -0.4 is 0 Å². The van der Waals surface area contributed by atoms with Crippen molar-refractivity contribution in [2.24, 2.45) is 0 Å². The molecule has 0 aliphatic heterocycles. The minimum Gasteiger partial charge on any atom is -0.303 e. The zero-order valence-electron chi connectivity index (χ0n) is 13.6. The molecule has 4 aromatic rings. The third-order valence-electron chi connectivity index (χ3n) is 4.17. The van der Waals surface area contributed by atoms with E-state index in [2.05, 4.69) is 27.0 Å². The molecule has 0 unspecified atom stereocenters. The molecule has 0 aliphatic carbocycles. The minimum atomic E-state index is -0.141. The molecule has 0 N–H and O–H groups in total. The Kier molecular flexibility index (Phi) is 4.11. The molecule has 3 heterocycles. The molecule has 4 rings (SSSR count). The highest BCUT2D eigenvalue weighted by Gasteiger charge is 2.19. The number of halogens is 1. The van der Waals surface area contributed by atoms with Gasteiger partial charge >= 0.3 is 0 Å². The molecule has 4 nitrogen and oxygen atoms in total. The highest BCUT2D eigenvalue weighted by molar-refractivity contribution is 9.10. The average Bonchev–Trinajstić information content (AvgIpc) is 3.07. The molecule has 0 fully saturated rings. The Hall–Kier alpha value is -3.23. The average molecular weight is 402 g/mol. The summed E-state index contributed by atoms with van der Waals surface area (Å²) in [7, 11) is 0. The highest BCUT2D eigenvalue weighted by atomic mass is 79.9. The van der Waals surface area contributed by atoms with Crippen molar-refractivity contribution in [3.8, 4) is 17.5 Å². The van der Waals surface area contributed by atoms with Gasteiger partial charge in [0.15, 0.2) is 0 Å². The number of carbonyl (C=O) groups excluding carboxylic acids is 1. The number of fused-ring (bicyclic) bond motifs is 1. The van der Waals surface area contributed by atoms with Gasteiger partial charge in [0, 0.05) is 16.2 Å². The van der Waals surface area contributed by atoms with Crippen molar-refractivity contribution in [1.82, 2.24) is 9.38 Å². The van der Waals surface area contributed by atoms with Gasteiger partial charge in [-0.2, -0.15) is 5.26 Å². The summed E-state index contributed by atoms with van der Waals surface area (Å²) in [6.07, 6.45) is 1.71. The molecule has 124 valence electrons. The highest BCUT2D eigenvalue weighted by Crippen LogP contribution is 2.26. The lowest BCUT2D eigenvalue weighted by molar-refractivity contribution is 0.103. The number of carbonyl (C=O) groups is 1. The molecule has 26 heavy (non-hydrogen) atoms. The van der Waals surface area contributed by atoms with Crippen LogP contribution in [0.1, 0.15) is 21.6 Å². The van der Waals surface area contributed by atoms with Crippen molar-refractivity contribution in [1.29, 1.82) is 5.26 Å². The second kappa shape index (κ2) is 6.58. The van der Waals surface area contributed by atoms with Gasteiger partial charge in [-0.25, -0.2) is 0 Å².